The number of benzene rings is 1. The van der Waals surface area contributed by atoms with Gasteiger partial charge in [0.15, 0.2) is 0 Å². The zero-order chi connectivity index (χ0) is 12.3. The molecular weight excluding hydrogens is 225 g/mol. The van der Waals surface area contributed by atoms with Crippen molar-refractivity contribution in [2.45, 2.75) is 12.1 Å². The monoisotopic (exact) mass is 232 g/mol. The number of carboxylic acid groups (broad SMARTS) is 1. The van der Waals surface area contributed by atoms with Crippen LogP contribution in [0.1, 0.15) is 17.0 Å². The van der Waals surface area contributed by atoms with Crippen molar-refractivity contribution in [3.8, 4) is 0 Å². The third kappa shape index (κ3) is 2.59. The highest BCUT2D eigenvalue weighted by Gasteiger charge is 2.31. The topological polar surface area (TPSA) is 54.4 Å². The van der Waals surface area contributed by atoms with Crippen molar-refractivity contribution >= 4 is 12.3 Å². The number of aldehydes is 1. The van der Waals surface area contributed by atoms with Crippen LogP contribution < -0.4 is 0 Å². The van der Waals surface area contributed by atoms with Crippen molar-refractivity contribution in [2.24, 2.45) is 0 Å². The highest BCUT2D eigenvalue weighted by atomic mass is 19.4. The summed E-state index contributed by atoms with van der Waals surface area (Å²) in [6.45, 7) is 0. The van der Waals surface area contributed by atoms with Crippen molar-refractivity contribution in [1.29, 1.82) is 0 Å². The summed E-state index contributed by atoms with van der Waals surface area (Å²) in [6, 6.07) is 3.71. The number of alkyl halides is 3. The van der Waals surface area contributed by atoms with E-state index in [1.54, 1.807) is 0 Å². The van der Waals surface area contributed by atoms with E-state index in [1.165, 1.54) is 6.07 Å². The molecule has 1 aromatic carbocycles. The van der Waals surface area contributed by atoms with Gasteiger partial charge in [0.2, 0.25) is 0 Å². The van der Waals surface area contributed by atoms with Crippen LogP contribution in [-0.4, -0.2) is 17.4 Å². The quantitative estimate of drug-likeness (QED) is 0.641. The van der Waals surface area contributed by atoms with Gasteiger partial charge in [0, 0.05) is 0 Å². The van der Waals surface area contributed by atoms with E-state index in [0.29, 0.717) is 6.07 Å². The maximum absolute atomic E-state index is 12.3. The fourth-order valence-electron chi connectivity index (χ4n) is 1.19. The summed E-state index contributed by atoms with van der Waals surface area (Å²) >= 11 is 0. The van der Waals surface area contributed by atoms with Gasteiger partial charge >= 0.3 is 12.1 Å². The van der Waals surface area contributed by atoms with Crippen LogP contribution in [-0.2, 0) is 15.8 Å². The number of carboxylic acids is 1. The molecule has 1 rings (SSSR count). The average Bonchev–Trinajstić information content (AvgIpc) is 2.17. The van der Waals surface area contributed by atoms with Crippen LogP contribution >= 0.6 is 0 Å². The van der Waals surface area contributed by atoms with Crippen molar-refractivity contribution in [3.63, 3.8) is 0 Å². The van der Waals surface area contributed by atoms with Gasteiger partial charge in [-0.1, -0.05) is 18.2 Å². The van der Waals surface area contributed by atoms with Crippen molar-refractivity contribution < 1.29 is 27.9 Å². The Morgan fingerprint density at radius 2 is 2.00 bits per heavy atom. The summed E-state index contributed by atoms with van der Waals surface area (Å²) < 4.78 is 36.9. The lowest BCUT2D eigenvalue weighted by molar-refractivity contribution is -0.141. The number of carbonyl (C=O) groups is 2. The molecule has 0 saturated carbocycles. The number of carbonyl (C=O) groups excluding carboxylic acids is 1. The fraction of sp³-hybridized carbons (Fsp3) is 0.200. The minimum atomic E-state index is -4.55. The molecule has 0 aliphatic heterocycles. The average molecular weight is 232 g/mol. The molecule has 1 atom stereocenters. The summed E-state index contributed by atoms with van der Waals surface area (Å²) in [5.41, 5.74) is -1.16. The molecule has 1 N–H and O–H groups in total. The molecule has 86 valence electrons. The van der Waals surface area contributed by atoms with E-state index in [2.05, 4.69) is 0 Å². The molecule has 0 aliphatic carbocycles. The maximum atomic E-state index is 12.3. The normalized spacial score (nSPS) is 13.2. The second kappa shape index (κ2) is 4.34. The number of hydrogen-bond donors (Lipinski definition) is 1. The van der Waals surface area contributed by atoms with Crippen LogP contribution in [0.15, 0.2) is 24.3 Å². The highest BCUT2D eigenvalue weighted by Crippen LogP contribution is 2.30. The summed E-state index contributed by atoms with van der Waals surface area (Å²) in [5.74, 6) is -3.04. The third-order valence-electron chi connectivity index (χ3n) is 1.98. The van der Waals surface area contributed by atoms with E-state index in [0.717, 1.165) is 12.1 Å². The van der Waals surface area contributed by atoms with Gasteiger partial charge < -0.3 is 9.90 Å². The van der Waals surface area contributed by atoms with Gasteiger partial charge in [0.05, 0.1) is 5.56 Å². The molecule has 3 nitrogen and oxygen atoms in total. The summed E-state index contributed by atoms with van der Waals surface area (Å²) in [4.78, 5) is 21.0. The van der Waals surface area contributed by atoms with Crippen LogP contribution in [0.25, 0.3) is 0 Å². The van der Waals surface area contributed by atoms with Crippen LogP contribution in [0, 0.1) is 0 Å². The Kier molecular flexibility index (Phi) is 3.31. The van der Waals surface area contributed by atoms with Gasteiger partial charge in [-0.15, -0.1) is 0 Å². The predicted octanol–water partition coefficient (Wildman–Crippen LogP) is 2.07. The second-order valence-electron chi connectivity index (χ2n) is 3.08. The zero-order valence-electron chi connectivity index (χ0n) is 7.86. The number of aliphatic carboxylic acids is 1. The largest absolute Gasteiger partial charge is 0.480 e. The molecule has 0 bridgehead atoms. The Bertz CT molecular complexity index is 412. The Morgan fingerprint density at radius 3 is 2.44 bits per heavy atom. The van der Waals surface area contributed by atoms with Gasteiger partial charge in [-0.05, 0) is 11.6 Å². The zero-order valence-corrected chi connectivity index (χ0v) is 7.86. The van der Waals surface area contributed by atoms with Crippen LogP contribution in [0.4, 0.5) is 13.2 Å². The van der Waals surface area contributed by atoms with E-state index in [4.69, 9.17) is 5.11 Å². The molecule has 0 heterocycles. The molecule has 1 unspecified atom stereocenters. The second-order valence-corrected chi connectivity index (χ2v) is 3.08. The van der Waals surface area contributed by atoms with Gasteiger partial charge in [0.25, 0.3) is 0 Å². The van der Waals surface area contributed by atoms with E-state index in [-0.39, 0.29) is 11.8 Å². The van der Waals surface area contributed by atoms with Crippen molar-refractivity contribution in [2.75, 3.05) is 0 Å². The lowest BCUT2D eigenvalue weighted by Gasteiger charge is -2.10. The number of halogens is 3. The predicted molar refractivity (Wildman–Crippen MR) is 47.9 cm³/mol. The van der Waals surface area contributed by atoms with Crippen LogP contribution in [0.3, 0.4) is 0 Å². The van der Waals surface area contributed by atoms with Crippen LogP contribution in [0.5, 0.6) is 0 Å². The SMILES string of the molecule is O=CC(C(=O)O)c1cccc(C(F)(F)F)c1. The number of hydrogen-bond acceptors (Lipinski definition) is 2. The molecule has 0 amide bonds. The first kappa shape index (κ1) is 12.2. The smallest absolute Gasteiger partial charge is 0.416 e. The molecule has 6 heteroatoms. The van der Waals surface area contributed by atoms with Gasteiger partial charge in [-0.2, -0.15) is 13.2 Å². The van der Waals surface area contributed by atoms with Crippen LogP contribution in [0.2, 0.25) is 0 Å². The van der Waals surface area contributed by atoms with Gasteiger partial charge in [-0.3, -0.25) is 4.79 Å². The summed E-state index contributed by atoms with van der Waals surface area (Å²) in [5, 5.41) is 8.61. The Morgan fingerprint density at radius 1 is 1.38 bits per heavy atom. The molecule has 16 heavy (non-hydrogen) atoms. The van der Waals surface area contributed by atoms with Crippen molar-refractivity contribution in [3.05, 3.63) is 35.4 Å². The lowest BCUT2D eigenvalue weighted by atomic mass is 9.99. The maximum Gasteiger partial charge on any atom is 0.416 e. The van der Waals surface area contributed by atoms with E-state index in [1.807, 2.05) is 0 Å². The summed E-state index contributed by atoms with van der Waals surface area (Å²) in [6.07, 6.45) is -4.46. The van der Waals surface area contributed by atoms with Gasteiger partial charge in [-0.25, -0.2) is 0 Å². The third-order valence-corrected chi connectivity index (χ3v) is 1.98. The summed E-state index contributed by atoms with van der Waals surface area (Å²) in [7, 11) is 0. The Labute approximate surface area is 88.5 Å². The standard InChI is InChI=1S/C10H7F3O3/c11-10(12,13)7-3-1-2-6(4-7)8(5-14)9(15)16/h1-5,8H,(H,15,16). The van der Waals surface area contributed by atoms with E-state index in [9.17, 15) is 22.8 Å². The molecule has 0 spiro atoms. The first-order valence-corrected chi connectivity index (χ1v) is 4.21. The van der Waals surface area contributed by atoms with E-state index < -0.39 is 23.6 Å². The molecule has 0 radical (unpaired) electrons. The highest BCUT2D eigenvalue weighted by molar-refractivity contribution is 5.92. The number of rotatable bonds is 3. The van der Waals surface area contributed by atoms with Gasteiger partial charge in [0.1, 0.15) is 12.2 Å². The molecule has 1 aromatic rings. The lowest BCUT2D eigenvalue weighted by Crippen LogP contribution is -2.14. The minimum absolute atomic E-state index is 0.0951. The molecule has 0 aliphatic rings. The molecular formula is C10H7F3O3. The first-order chi connectivity index (χ1) is 7.36. The fourth-order valence-corrected chi connectivity index (χ4v) is 1.19. The van der Waals surface area contributed by atoms with Crippen molar-refractivity contribution in [1.82, 2.24) is 0 Å². The molecule has 0 fully saturated rings. The first-order valence-electron chi connectivity index (χ1n) is 4.21. The molecule has 0 saturated heterocycles. The minimum Gasteiger partial charge on any atom is -0.480 e. The Hall–Kier alpha value is -1.85. The molecule has 0 aromatic heterocycles. The van der Waals surface area contributed by atoms with E-state index >= 15 is 0 Å². The Balaban J connectivity index is 3.16.